The van der Waals surface area contributed by atoms with Gasteiger partial charge in [0, 0.05) is 13.1 Å². The van der Waals surface area contributed by atoms with Crippen LogP contribution in [0, 0.1) is 0 Å². The van der Waals surface area contributed by atoms with Crippen LogP contribution in [0.4, 0.5) is 35.1 Å². The second-order valence-electron chi connectivity index (χ2n) is 3.96. The van der Waals surface area contributed by atoms with Gasteiger partial charge in [0.2, 0.25) is 0 Å². The Morgan fingerprint density at radius 2 is 1.52 bits per heavy atom. The quantitative estimate of drug-likeness (QED) is 0.739. The molecule has 1 heterocycles. The van der Waals surface area contributed by atoms with Crippen LogP contribution >= 0.6 is 0 Å². The Kier molecular flexibility index (Phi) is 5.03. The Morgan fingerprint density at radius 3 is 1.95 bits per heavy atom. The van der Waals surface area contributed by atoms with E-state index in [4.69, 9.17) is 4.74 Å². The van der Waals surface area contributed by atoms with Gasteiger partial charge in [-0.05, 0) is 0 Å². The fourth-order valence-corrected chi connectivity index (χ4v) is 1.35. The van der Waals surface area contributed by atoms with Gasteiger partial charge in [0.25, 0.3) is 12.3 Å². The van der Waals surface area contributed by atoms with E-state index in [2.05, 4.69) is 4.74 Å². The summed E-state index contributed by atoms with van der Waals surface area (Å²) >= 11 is 0. The molecule has 0 aliphatic carbocycles. The van der Waals surface area contributed by atoms with Crippen molar-refractivity contribution in [3.63, 3.8) is 0 Å². The van der Waals surface area contributed by atoms with Crippen LogP contribution in [0.2, 0.25) is 0 Å². The molecular formula is C9H9F8NO3. The Morgan fingerprint density at radius 1 is 1.05 bits per heavy atom. The third-order valence-corrected chi connectivity index (χ3v) is 2.49. The van der Waals surface area contributed by atoms with Crippen molar-refractivity contribution in [2.75, 3.05) is 26.3 Å². The van der Waals surface area contributed by atoms with E-state index in [1.807, 2.05) is 0 Å². The fraction of sp³-hybridized carbons (Fsp3) is 0.889. The van der Waals surface area contributed by atoms with Gasteiger partial charge in [0.05, 0.1) is 13.2 Å². The highest BCUT2D eigenvalue weighted by atomic mass is 19.4. The number of carbonyl (C=O) groups excluding carboxylic acids is 1. The predicted molar refractivity (Wildman–Crippen MR) is 49.3 cm³/mol. The second-order valence-corrected chi connectivity index (χ2v) is 3.96. The largest absolute Gasteiger partial charge is 0.462 e. The molecule has 12 heteroatoms. The molecule has 1 rings (SSSR count). The minimum Gasteiger partial charge on any atom is -0.378 e. The summed E-state index contributed by atoms with van der Waals surface area (Å²) in [7, 11) is 0. The van der Waals surface area contributed by atoms with Crippen LogP contribution in [0.5, 0.6) is 0 Å². The standard InChI is InChI=1S/C9H9F8NO3/c10-5(6(19)18-1-3-20-4-2-18)21-9(16,17)7(11,12)8(13,14)15/h5H,1-4H2. The molecule has 1 amide bonds. The van der Waals surface area contributed by atoms with Crippen LogP contribution in [0.3, 0.4) is 0 Å². The maximum atomic E-state index is 13.2. The first-order valence-electron chi connectivity index (χ1n) is 5.41. The van der Waals surface area contributed by atoms with Gasteiger partial charge >= 0.3 is 18.2 Å². The van der Waals surface area contributed by atoms with Crippen molar-refractivity contribution in [1.29, 1.82) is 0 Å². The summed E-state index contributed by atoms with van der Waals surface area (Å²) in [6.07, 6.45) is -16.6. The molecule has 124 valence electrons. The third kappa shape index (κ3) is 3.73. The lowest BCUT2D eigenvalue weighted by atomic mass is 10.3. The Hall–Kier alpha value is -1.17. The third-order valence-electron chi connectivity index (χ3n) is 2.49. The lowest BCUT2D eigenvalue weighted by Gasteiger charge is -2.31. The first kappa shape index (κ1) is 17.9. The number of amides is 1. The molecule has 0 bridgehead atoms. The summed E-state index contributed by atoms with van der Waals surface area (Å²) in [5.41, 5.74) is 0. The molecule has 0 radical (unpaired) electrons. The SMILES string of the molecule is O=C(C(F)OC(F)(F)C(F)(F)C(F)(F)F)N1CCOCC1. The summed E-state index contributed by atoms with van der Waals surface area (Å²) in [5, 5.41) is 0. The van der Waals surface area contributed by atoms with Gasteiger partial charge in [-0.15, -0.1) is 0 Å². The first-order chi connectivity index (χ1) is 9.40. The molecule has 1 unspecified atom stereocenters. The Bertz CT molecular complexity index is 380. The fourth-order valence-electron chi connectivity index (χ4n) is 1.35. The highest BCUT2D eigenvalue weighted by Crippen LogP contribution is 2.47. The van der Waals surface area contributed by atoms with Gasteiger partial charge in [-0.25, -0.2) is 4.39 Å². The van der Waals surface area contributed by atoms with Crippen LogP contribution in [0.1, 0.15) is 0 Å². The number of morpholine rings is 1. The number of alkyl halides is 8. The van der Waals surface area contributed by atoms with Gasteiger partial charge in [-0.1, -0.05) is 0 Å². The Labute approximate surface area is 112 Å². The lowest BCUT2D eigenvalue weighted by Crippen LogP contribution is -2.56. The average Bonchev–Trinajstić information content (AvgIpc) is 2.36. The molecule has 0 aromatic rings. The highest BCUT2D eigenvalue weighted by molar-refractivity contribution is 5.79. The van der Waals surface area contributed by atoms with E-state index < -0.39 is 30.5 Å². The van der Waals surface area contributed by atoms with Gasteiger partial charge in [0.1, 0.15) is 0 Å². The van der Waals surface area contributed by atoms with Gasteiger partial charge in [-0.3, -0.25) is 9.53 Å². The molecule has 1 aliphatic rings. The molecule has 0 aromatic heterocycles. The van der Waals surface area contributed by atoms with Crippen LogP contribution < -0.4 is 0 Å². The topological polar surface area (TPSA) is 38.8 Å². The maximum Gasteiger partial charge on any atom is 0.462 e. The number of rotatable bonds is 4. The second kappa shape index (κ2) is 5.91. The Balaban J connectivity index is 2.76. The van der Waals surface area contributed by atoms with E-state index in [1.165, 1.54) is 0 Å². The normalized spacial score (nSPS) is 19.5. The summed E-state index contributed by atoms with van der Waals surface area (Å²) in [6, 6.07) is 0. The van der Waals surface area contributed by atoms with E-state index in [1.54, 1.807) is 0 Å². The van der Waals surface area contributed by atoms with Crippen molar-refractivity contribution in [1.82, 2.24) is 4.90 Å². The molecule has 21 heavy (non-hydrogen) atoms. The molecule has 0 aromatic carbocycles. The van der Waals surface area contributed by atoms with Gasteiger partial charge in [0.15, 0.2) is 0 Å². The molecule has 1 atom stereocenters. The number of ether oxygens (including phenoxy) is 2. The summed E-state index contributed by atoms with van der Waals surface area (Å²) in [5.74, 6) is -8.42. The van der Waals surface area contributed by atoms with Crippen LogP contribution in [0.25, 0.3) is 0 Å². The zero-order valence-electron chi connectivity index (χ0n) is 10.1. The molecule has 4 nitrogen and oxygen atoms in total. The lowest BCUT2D eigenvalue weighted by molar-refractivity contribution is -0.435. The molecule has 0 spiro atoms. The van der Waals surface area contributed by atoms with Gasteiger partial charge in [-0.2, -0.15) is 30.7 Å². The van der Waals surface area contributed by atoms with E-state index in [0.717, 1.165) is 0 Å². The zero-order valence-corrected chi connectivity index (χ0v) is 10.1. The summed E-state index contributed by atoms with van der Waals surface area (Å²) in [6.45, 7) is -0.588. The highest BCUT2D eigenvalue weighted by Gasteiger charge is 2.75. The monoisotopic (exact) mass is 331 g/mol. The summed E-state index contributed by atoms with van der Waals surface area (Å²) in [4.78, 5) is 11.9. The smallest absolute Gasteiger partial charge is 0.378 e. The van der Waals surface area contributed by atoms with Crippen molar-refractivity contribution in [2.24, 2.45) is 0 Å². The molecule has 1 aliphatic heterocycles. The predicted octanol–water partition coefficient (Wildman–Crippen LogP) is 1.95. The van der Waals surface area contributed by atoms with E-state index in [-0.39, 0.29) is 26.3 Å². The molecule has 0 saturated carbocycles. The van der Waals surface area contributed by atoms with E-state index in [9.17, 15) is 39.9 Å². The zero-order chi connectivity index (χ0) is 16.5. The van der Waals surface area contributed by atoms with E-state index in [0.29, 0.717) is 4.90 Å². The molecule has 0 N–H and O–H groups in total. The van der Waals surface area contributed by atoms with Crippen molar-refractivity contribution in [2.45, 2.75) is 24.6 Å². The molecule has 1 saturated heterocycles. The summed E-state index contributed by atoms with van der Waals surface area (Å²) < 4.78 is 106. The minimum absolute atomic E-state index is 0.0619. The number of hydrogen-bond acceptors (Lipinski definition) is 3. The number of hydrogen-bond donors (Lipinski definition) is 0. The maximum absolute atomic E-state index is 13.2. The number of carbonyl (C=O) groups is 1. The van der Waals surface area contributed by atoms with Crippen molar-refractivity contribution in [3.8, 4) is 0 Å². The molecule has 1 fully saturated rings. The van der Waals surface area contributed by atoms with Crippen LogP contribution in [-0.2, 0) is 14.3 Å². The molecular weight excluding hydrogens is 322 g/mol. The van der Waals surface area contributed by atoms with E-state index >= 15 is 0 Å². The van der Waals surface area contributed by atoms with Crippen LogP contribution in [0.15, 0.2) is 0 Å². The van der Waals surface area contributed by atoms with Crippen molar-refractivity contribution >= 4 is 5.91 Å². The van der Waals surface area contributed by atoms with Crippen molar-refractivity contribution < 1.29 is 49.4 Å². The minimum atomic E-state index is -6.67. The van der Waals surface area contributed by atoms with Crippen LogP contribution in [-0.4, -0.2) is 61.7 Å². The number of nitrogens with zero attached hydrogens (tertiary/aromatic N) is 1. The number of halogens is 8. The average molecular weight is 331 g/mol. The van der Waals surface area contributed by atoms with Crippen molar-refractivity contribution in [3.05, 3.63) is 0 Å². The first-order valence-corrected chi connectivity index (χ1v) is 5.41. The van der Waals surface area contributed by atoms with Gasteiger partial charge < -0.3 is 9.64 Å².